The molecule has 0 radical (unpaired) electrons. The molecule has 10 heteroatoms. The molecular weight excluding hydrogens is 390 g/mol. The van der Waals surface area contributed by atoms with Crippen LogP contribution in [0.2, 0.25) is 0 Å². The largest absolute Gasteiger partial charge is 0.322 e. The third kappa shape index (κ3) is 4.36. The molecule has 0 unspecified atom stereocenters. The number of nitrogens with zero attached hydrogens (tertiary/aromatic N) is 2. The maximum Gasteiger partial charge on any atom is 0.271 e. The molecule has 1 amide bonds. The maximum atomic E-state index is 12.5. The van der Waals surface area contributed by atoms with Gasteiger partial charge in [0.25, 0.3) is 11.6 Å². The second-order valence-corrected chi connectivity index (χ2v) is 8.53. The highest BCUT2D eigenvalue weighted by Crippen LogP contribution is 2.25. The Morgan fingerprint density at radius 3 is 2.63 bits per heavy atom. The number of carbonyl (C=O) groups excluding carboxylic acids is 1. The van der Waals surface area contributed by atoms with E-state index < -0.39 is 26.4 Å². The van der Waals surface area contributed by atoms with Crippen LogP contribution in [0.3, 0.4) is 0 Å². The first kappa shape index (κ1) is 18.7. The van der Waals surface area contributed by atoms with Crippen LogP contribution in [0, 0.1) is 10.1 Å². The van der Waals surface area contributed by atoms with Crippen molar-refractivity contribution in [3.8, 4) is 10.6 Å². The minimum Gasteiger partial charge on any atom is -0.322 e. The Labute approximate surface area is 158 Å². The van der Waals surface area contributed by atoms with Gasteiger partial charge in [-0.3, -0.25) is 14.9 Å². The summed E-state index contributed by atoms with van der Waals surface area (Å²) in [5.74, 6) is -0.653. The Kier molecular flexibility index (Phi) is 5.02. The molecule has 1 heterocycles. The molecule has 0 spiro atoms. The Morgan fingerprint density at radius 1 is 1.22 bits per heavy atom. The minimum absolute atomic E-state index is 0.121. The van der Waals surface area contributed by atoms with Crippen LogP contribution >= 0.6 is 11.3 Å². The van der Waals surface area contributed by atoms with Gasteiger partial charge in [-0.2, -0.15) is 0 Å². The number of nitro groups is 1. The molecule has 3 rings (SSSR count). The molecule has 0 aliphatic heterocycles. The summed E-state index contributed by atoms with van der Waals surface area (Å²) in [4.78, 5) is 26.8. The number of sulfone groups is 1. The van der Waals surface area contributed by atoms with Crippen LogP contribution in [0.25, 0.3) is 10.6 Å². The van der Waals surface area contributed by atoms with Crippen molar-refractivity contribution >= 4 is 38.5 Å². The quantitative estimate of drug-likeness (QED) is 0.515. The van der Waals surface area contributed by atoms with Crippen LogP contribution in [0.1, 0.15) is 10.4 Å². The van der Waals surface area contributed by atoms with E-state index in [9.17, 15) is 23.3 Å². The number of aromatic nitrogens is 1. The standard InChI is InChI=1S/C17H13N3O5S2/c1-27(24,25)15-9-12(8-14(10-15)20(22)23)16(21)19-13-4-2-3-11(7-13)17-18-5-6-26-17/h2-10H,1H3,(H,19,21). The van der Waals surface area contributed by atoms with Gasteiger partial charge in [-0.05, 0) is 18.2 Å². The maximum absolute atomic E-state index is 12.5. The van der Waals surface area contributed by atoms with Gasteiger partial charge in [0.2, 0.25) is 0 Å². The van der Waals surface area contributed by atoms with Crippen molar-refractivity contribution in [1.29, 1.82) is 0 Å². The van der Waals surface area contributed by atoms with Crippen LogP contribution in [-0.4, -0.2) is 30.5 Å². The fourth-order valence-corrected chi connectivity index (χ4v) is 3.64. The fraction of sp³-hybridized carbons (Fsp3) is 0.0588. The normalized spacial score (nSPS) is 11.1. The van der Waals surface area contributed by atoms with Gasteiger partial charge in [-0.1, -0.05) is 12.1 Å². The number of nitrogens with one attached hydrogen (secondary N) is 1. The molecular formula is C17H13N3O5S2. The third-order valence-corrected chi connectivity index (χ3v) is 5.51. The van der Waals surface area contributed by atoms with Gasteiger partial charge in [-0.15, -0.1) is 11.3 Å². The van der Waals surface area contributed by atoms with Crippen LogP contribution in [0.4, 0.5) is 11.4 Å². The lowest BCUT2D eigenvalue weighted by atomic mass is 10.1. The molecule has 0 saturated heterocycles. The van der Waals surface area contributed by atoms with E-state index in [0.29, 0.717) is 5.69 Å². The summed E-state index contributed by atoms with van der Waals surface area (Å²) in [7, 11) is -3.72. The molecule has 0 bridgehead atoms. The summed E-state index contributed by atoms with van der Waals surface area (Å²) in [6.45, 7) is 0. The van der Waals surface area contributed by atoms with E-state index in [1.807, 2.05) is 11.4 Å². The molecule has 1 N–H and O–H groups in total. The number of thiazole rings is 1. The van der Waals surface area contributed by atoms with E-state index in [4.69, 9.17) is 0 Å². The molecule has 0 saturated carbocycles. The van der Waals surface area contributed by atoms with Gasteiger partial charge in [-0.25, -0.2) is 13.4 Å². The zero-order valence-electron chi connectivity index (χ0n) is 13.9. The Morgan fingerprint density at radius 2 is 2.00 bits per heavy atom. The van der Waals surface area contributed by atoms with Crippen LogP contribution < -0.4 is 5.32 Å². The summed E-state index contributed by atoms with van der Waals surface area (Å²) in [6.07, 6.45) is 2.59. The van der Waals surface area contributed by atoms with Crippen LogP contribution in [0.5, 0.6) is 0 Å². The minimum atomic E-state index is -3.72. The predicted molar refractivity (Wildman–Crippen MR) is 102 cm³/mol. The number of hydrogen-bond donors (Lipinski definition) is 1. The van der Waals surface area contributed by atoms with Crippen molar-refractivity contribution in [3.05, 3.63) is 69.7 Å². The van der Waals surface area contributed by atoms with E-state index in [1.165, 1.54) is 11.3 Å². The monoisotopic (exact) mass is 403 g/mol. The number of hydrogen-bond acceptors (Lipinski definition) is 7. The molecule has 0 atom stereocenters. The number of rotatable bonds is 5. The van der Waals surface area contributed by atoms with Crippen molar-refractivity contribution in [2.75, 3.05) is 11.6 Å². The van der Waals surface area contributed by atoms with Crippen molar-refractivity contribution < 1.29 is 18.1 Å². The van der Waals surface area contributed by atoms with E-state index in [2.05, 4.69) is 10.3 Å². The number of non-ortho nitro benzene ring substituents is 1. The highest BCUT2D eigenvalue weighted by atomic mass is 32.2. The van der Waals surface area contributed by atoms with Gasteiger partial charge >= 0.3 is 0 Å². The molecule has 2 aromatic carbocycles. The lowest BCUT2D eigenvalue weighted by Crippen LogP contribution is -2.13. The zero-order valence-corrected chi connectivity index (χ0v) is 15.6. The average molecular weight is 403 g/mol. The molecule has 27 heavy (non-hydrogen) atoms. The SMILES string of the molecule is CS(=O)(=O)c1cc(C(=O)Nc2cccc(-c3nccs3)c2)cc([N+](=O)[O-])c1. The van der Waals surface area contributed by atoms with Crippen molar-refractivity contribution in [1.82, 2.24) is 4.98 Å². The molecule has 0 aliphatic rings. The van der Waals surface area contributed by atoms with E-state index in [0.717, 1.165) is 35.0 Å². The Balaban J connectivity index is 1.94. The Hall–Kier alpha value is -3.11. The summed E-state index contributed by atoms with van der Waals surface area (Å²) in [5.41, 5.74) is 0.669. The number of nitro benzene ring substituents is 1. The lowest BCUT2D eigenvalue weighted by Gasteiger charge is -2.08. The first-order valence-corrected chi connectivity index (χ1v) is 10.3. The van der Waals surface area contributed by atoms with Crippen molar-refractivity contribution in [3.63, 3.8) is 0 Å². The van der Waals surface area contributed by atoms with Gasteiger partial charge in [0.1, 0.15) is 5.01 Å². The average Bonchev–Trinajstić information content (AvgIpc) is 3.15. The van der Waals surface area contributed by atoms with Gasteiger partial charge < -0.3 is 5.32 Å². The first-order valence-electron chi connectivity index (χ1n) is 7.55. The number of carbonyl (C=O) groups is 1. The summed E-state index contributed by atoms with van der Waals surface area (Å²) in [5, 5.41) is 16.3. The van der Waals surface area contributed by atoms with E-state index in [1.54, 1.807) is 24.4 Å². The van der Waals surface area contributed by atoms with Crippen molar-refractivity contribution in [2.45, 2.75) is 4.90 Å². The Bertz CT molecular complexity index is 1130. The number of amides is 1. The third-order valence-electron chi connectivity index (χ3n) is 3.59. The summed E-state index contributed by atoms with van der Waals surface area (Å²) >= 11 is 1.44. The van der Waals surface area contributed by atoms with Crippen molar-refractivity contribution in [2.24, 2.45) is 0 Å². The molecule has 8 nitrogen and oxygen atoms in total. The molecule has 0 fully saturated rings. The van der Waals surface area contributed by atoms with Gasteiger partial charge in [0.05, 0.1) is 9.82 Å². The van der Waals surface area contributed by atoms with Gasteiger partial charge in [0.15, 0.2) is 9.84 Å². The number of benzene rings is 2. The number of anilines is 1. The highest BCUT2D eigenvalue weighted by Gasteiger charge is 2.19. The zero-order chi connectivity index (χ0) is 19.6. The van der Waals surface area contributed by atoms with Gasteiger partial charge in [0, 0.05) is 46.8 Å². The predicted octanol–water partition coefficient (Wildman–Crippen LogP) is 3.37. The molecule has 3 aromatic rings. The fourth-order valence-electron chi connectivity index (χ4n) is 2.33. The second kappa shape index (κ2) is 7.25. The topological polar surface area (TPSA) is 119 Å². The smallest absolute Gasteiger partial charge is 0.271 e. The van der Waals surface area contributed by atoms with E-state index in [-0.39, 0.29) is 10.5 Å². The molecule has 138 valence electrons. The summed E-state index contributed by atoms with van der Waals surface area (Å²) < 4.78 is 23.5. The summed E-state index contributed by atoms with van der Waals surface area (Å²) in [6, 6.07) is 10.0. The molecule has 1 aromatic heterocycles. The second-order valence-electron chi connectivity index (χ2n) is 5.62. The van der Waals surface area contributed by atoms with E-state index >= 15 is 0 Å². The lowest BCUT2D eigenvalue weighted by molar-refractivity contribution is -0.385. The molecule has 0 aliphatic carbocycles. The van der Waals surface area contributed by atoms with Crippen LogP contribution in [-0.2, 0) is 9.84 Å². The highest BCUT2D eigenvalue weighted by molar-refractivity contribution is 7.90. The first-order chi connectivity index (χ1) is 12.7. The van der Waals surface area contributed by atoms with Crippen LogP contribution in [0.15, 0.2) is 58.9 Å².